The summed E-state index contributed by atoms with van der Waals surface area (Å²) in [6, 6.07) is 9.49. The zero-order chi connectivity index (χ0) is 20.2. The maximum Gasteiger partial charge on any atom is 0.284 e. The summed E-state index contributed by atoms with van der Waals surface area (Å²) < 4.78 is 26.0. The number of anilines is 1. The highest BCUT2D eigenvalue weighted by Gasteiger charge is 2.14. The van der Waals surface area contributed by atoms with Gasteiger partial charge in [0.1, 0.15) is 5.82 Å². The number of hydrogen-bond acceptors (Lipinski definition) is 7. The largest absolute Gasteiger partial charge is 0.459 e. The second-order valence-electron chi connectivity index (χ2n) is 5.79. The molecular formula is C18H13ClFN5O3S. The van der Waals surface area contributed by atoms with Gasteiger partial charge in [0.2, 0.25) is 5.91 Å². The van der Waals surface area contributed by atoms with Crippen molar-refractivity contribution in [1.82, 2.24) is 20.0 Å². The summed E-state index contributed by atoms with van der Waals surface area (Å²) in [4.78, 5) is 12.1. The fraction of sp³-hybridized carbons (Fsp3) is 0.111. The van der Waals surface area contributed by atoms with Crippen molar-refractivity contribution in [2.75, 3.05) is 11.1 Å². The topological polar surface area (TPSA) is 99.0 Å². The Labute approximate surface area is 173 Å². The number of nitrogens with one attached hydrogen (secondary N) is 1. The highest BCUT2D eigenvalue weighted by molar-refractivity contribution is 7.99. The van der Waals surface area contributed by atoms with Crippen LogP contribution in [-0.2, 0) is 11.3 Å². The molecule has 29 heavy (non-hydrogen) atoms. The number of benzene rings is 1. The van der Waals surface area contributed by atoms with Crippen LogP contribution in [0, 0.1) is 5.82 Å². The van der Waals surface area contributed by atoms with Crippen molar-refractivity contribution in [3.63, 3.8) is 0 Å². The highest BCUT2D eigenvalue weighted by Crippen LogP contribution is 2.23. The minimum Gasteiger partial charge on any atom is -0.459 e. The lowest BCUT2D eigenvalue weighted by Gasteiger charge is -2.06. The van der Waals surface area contributed by atoms with Crippen LogP contribution in [0.4, 0.5) is 10.2 Å². The Kier molecular flexibility index (Phi) is 5.63. The second-order valence-corrected chi connectivity index (χ2v) is 7.12. The first-order valence-electron chi connectivity index (χ1n) is 8.35. The Hall–Kier alpha value is -3.11. The third kappa shape index (κ3) is 4.66. The van der Waals surface area contributed by atoms with E-state index < -0.39 is 5.82 Å². The Morgan fingerprint density at radius 2 is 2.14 bits per heavy atom. The molecule has 0 aliphatic carbocycles. The van der Waals surface area contributed by atoms with Crippen molar-refractivity contribution >= 4 is 35.1 Å². The predicted molar refractivity (Wildman–Crippen MR) is 104 cm³/mol. The minimum absolute atomic E-state index is 0.0474. The van der Waals surface area contributed by atoms with Crippen LogP contribution in [0.15, 0.2) is 62.9 Å². The molecule has 148 valence electrons. The quantitative estimate of drug-likeness (QED) is 0.438. The summed E-state index contributed by atoms with van der Waals surface area (Å²) >= 11 is 7.11. The third-order valence-corrected chi connectivity index (χ3v) is 4.93. The predicted octanol–water partition coefficient (Wildman–Crippen LogP) is 4.10. The van der Waals surface area contributed by atoms with Crippen molar-refractivity contribution in [2.45, 2.75) is 11.8 Å². The van der Waals surface area contributed by atoms with Crippen molar-refractivity contribution in [3.05, 3.63) is 65.3 Å². The van der Waals surface area contributed by atoms with Gasteiger partial charge in [-0.25, -0.2) is 4.39 Å². The maximum atomic E-state index is 13.9. The molecular weight excluding hydrogens is 421 g/mol. The molecule has 3 aromatic heterocycles. The standard InChI is InChI=1S/C18H13ClFN5O3S/c19-12-3-1-4-13(20)11(12)9-25-7-6-15(24-25)21-16(26)10-29-18-23-22-17(28-18)14-5-2-8-27-14/h1-8H,9-10H2,(H,21,24,26). The number of amides is 1. The molecule has 0 spiro atoms. The van der Waals surface area contributed by atoms with Gasteiger partial charge in [0.05, 0.1) is 18.6 Å². The van der Waals surface area contributed by atoms with Crippen LogP contribution in [-0.4, -0.2) is 31.6 Å². The zero-order valence-electron chi connectivity index (χ0n) is 14.7. The number of furan rings is 1. The normalized spacial score (nSPS) is 11.0. The van der Waals surface area contributed by atoms with Gasteiger partial charge in [0.15, 0.2) is 11.6 Å². The molecule has 8 nitrogen and oxygen atoms in total. The molecule has 0 aliphatic heterocycles. The van der Waals surface area contributed by atoms with Gasteiger partial charge >= 0.3 is 0 Å². The molecule has 0 fully saturated rings. The lowest BCUT2D eigenvalue weighted by atomic mass is 10.2. The van der Waals surface area contributed by atoms with Crippen molar-refractivity contribution < 1.29 is 18.0 Å². The Balaban J connectivity index is 1.31. The monoisotopic (exact) mass is 433 g/mol. The van der Waals surface area contributed by atoms with Crippen LogP contribution in [0.2, 0.25) is 5.02 Å². The maximum absolute atomic E-state index is 13.9. The number of carbonyl (C=O) groups excluding carboxylic acids is 1. The first-order chi connectivity index (χ1) is 14.1. The van der Waals surface area contributed by atoms with E-state index in [1.807, 2.05) is 0 Å². The van der Waals surface area contributed by atoms with Crippen LogP contribution < -0.4 is 5.32 Å². The number of carbonyl (C=O) groups is 1. The molecule has 0 bridgehead atoms. The Bertz CT molecular complexity index is 1110. The third-order valence-electron chi connectivity index (χ3n) is 3.76. The SMILES string of the molecule is O=C(CSc1nnc(-c2ccco2)o1)Nc1ccn(Cc2c(F)cccc2Cl)n1. The summed E-state index contributed by atoms with van der Waals surface area (Å²) in [5, 5.41) is 15.1. The van der Waals surface area contributed by atoms with Crippen LogP contribution in [0.5, 0.6) is 0 Å². The van der Waals surface area contributed by atoms with Gasteiger partial charge in [-0.1, -0.05) is 29.4 Å². The van der Waals surface area contributed by atoms with E-state index in [-0.39, 0.29) is 29.3 Å². The molecule has 4 rings (SSSR count). The van der Waals surface area contributed by atoms with Crippen molar-refractivity contribution in [2.24, 2.45) is 0 Å². The van der Waals surface area contributed by atoms with E-state index in [0.717, 1.165) is 11.8 Å². The van der Waals surface area contributed by atoms with E-state index in [1.54, 1.807) is 30.5 Å². The molecule has 1 amide bonds. The smallest absolute Gasteiger partial charge is 0.284 e. The highest BCUT2D eigenvalue weighted by atomic mass is 35.5. The summed E-state index contributed by atoms with van der Waals surface area (Å²) in [5.41, 5.74) is 0.328. The van der Waals surface area contributed by atoms with E-state index in [2.05, 4.69) is 20.6 Å². The summed E-state index contributed by atoms with van der Waals surface area (Å²) in [5.74, 6) is 0.360. The summed E-state index contributed by atoms with van der Waals surface area (Å²) in [6.07, 6.45) is 3.12. The molecule has 11 heteroatoms. The van der Waals surface area contributed by atoms with Gasteiger partial charge < -0.3 is 14.2 Å². The van der Waals surface area contributed by atoms with Gasteiger partial charge in [-0.15, -0.1) is 10.2 Å². The number of halogens is 2. The van der Waals surface area contributed by atoms with E-state index in [1.165, 1.54) is 23.1 Å². The van der Waals surface area contributed by atoms with Crippen LogP contribution in [0.25, 0.3) is 11.7 Å². The van der Waals surface area contributed by atoms with E-state index in [4.69, 9.17) is 20.4 Å². The van der Waals surface area contributed by atoms with Crippen LogP contribution in [0.1, 0.15) is 5.56 Å². The number of nitrogens with zero attached hydrogens (tertiary/aromatic N) is 4. The van der Waals surface area contributed by atoms with Gasteiger partial charge in [-0.05, 0) is 24.3 Å². The van der Waals surface area contributed by atoms with Crippen LogP contribution in [0.3, 0.4) is 0 Å². The number of hydrogen-bond donors (Lipinski definition) is 1. The summed E-state index contributed by atoms with van der Waals surface area (Å²) in [7, 11) is 0. The molecule has 3 heterocycles. The van der Waals surface area contributed by atoms with Gasteiger partial charge in [0.25, 0.3) is 11.1 Å². The molecule has 0 aliphatic rings. The molecule has 0 atom stereocenters. The molecule has 0 saturated heterocycles. The van der Waals surface area contributed by atoms with E-state index >= 15 is 0 Å². The molecule has 1 aromatic carbocycles. The van der Waals surface area contributed by atoms with Gasteiger partial charge in [-0.2, -0.15) is 5.10 Å². The minimum atomic E-state index is -0.413. The molecule has 0 radical (unpaired) electrons. The molecule has 1 N–H and O–H groups in total. The number of rotatable bonds is 7. The van der Waals surface area contributed by atoms with Gasteiger partial charge in [-0.3, -0.25) is 9.48 Å². The Morgan fingerprint density at radius 1 is 1.24 bits per heavy atom. The van der Waals surface area contributed by atoms with Gasteiger partial charge in [0, 0.05) is 22.8 Å². The fourth-order valence-corrected chi connectivity index (χ4v) is 3.22. The Morgan fingerprint density at radius 3 is 2.93 bits per heavy atom. The molecule has 0 saturated carbocycles. The summed E-state index contributed by atoms with van der Waals surface area (Å²) in [6.45, 7) is 0.146. The average Bonchev–Trinajstić information content (AvgIpc) is 3.44. The number of thioether (sulfide) groups is 1. The van der Waals surface area contributed by atoms with E-state index in [0.29, 0.717) is 22.2 Å². The zero-order valence-corrected chi connectivity index (χ0v) is 16.3. The van der Waals surface area contributed by atoms with Crippen molar-refractivity contribution in [1.29, 1.82) is 0 Å². The second kappa shape index (κ2) is 8.50. The number of aromatic nitrogens is 4. The first-order valence-corrected chi connectivity index (χ1v) is 9.71. The lowest BCUT2D eigenvalue weighted by molar-refractivity contribution is -0.113. The molecule has 0 unspecified atom stereocenters. The lowest BCUT2D eigenvalue weighted by Crippen LogP contribution is -2.15. The van der Waals surface area contributed by atoms with Crippen molar-refractivity contribution in [3.8, 4) is 11.7 Å². The van der Waals surface area contributed by atoms with Crippen LogP contribution >= 0.6 is 23.4 Å². The fourth-order valence-electron chi connectivity index (χ4n) is 2.44. The average molecular weight is 434 g/mol. The molecule has 4 aromatic rings. The first kappa shape index (κ1) is 19.2. The van der Waals surface area contributed by atoms with E-state index in [9.17, 15) is 9.18 Å².